The number of hydrogen-bond donors (Lipinski definition) is 3. The number of rotatable bonds is 2. The van der Waals surface area contributed by atoms with Crippen LogP contribution in [-0.4, -0.2) is 11.6 Å². The van der Waals surface area contributed by atoms with Crippen LogP contribution in [0.5, 0.6) is 0 Å². The van der Waals surface area contributed by atoms with Gasteiger partial charge in [-0.15, -0.1) is 0 Å². The van der Waals surface area contributed by atoms with Crippen LogP contribution in [-0.2, 0) is 4.74 Å². The molecule has 4 heteroatoms. The molecular weight excluding hydrogens is 214 g/mol. The Bertz CT molecular complexity index is 491. The molecule has 0 bridgehead atoms. The van der Waals surface area contributed by atoms with Gasteiger partial charge in [-0.1, -0.05) is 12.1 Å². The second-order valence-electron chi connectivity index (χ2n) is 4.01. The van der Waals surface area contributed by atoms with Crippen molar-refractivity contribution < 1.29 is 4.74 Å². The maximum atomic E-state index is 7.86. The third-order valence-electron chi connectivity index (χ3n) is 2.64. The van der Waals surface area contributed by atoms with Gasteiger partial charge >= 0.3 is 0 Å². The summed E-state index contributed by atoms with van der Waals surface area (Å²) in [6.45, 7) is 0. The van der Waals surface area contributed by atoms with E-state index in [0.717, 1.165) is 19.3 Å². The first-order valence-corrected chi connectivity index (χ1v) is 5.56. The van der Waals surface area contributed by atoms with Gasteiger partial charge in [0.15, 0.2) is 0 Å². The van der Waals surface area contributed by atoms with Crippen LogP contribution in [0.2, 0.25) is 0 Å². The molecule has 4 nitrogen and oxygen atoms in total. The van der Waals surface area contributed by atoms with E-state index in [1.807, 2.05) is 12.1 Å². The van der Waals surface area contributed by atoms with E-state index in [1.54, 1.807) is 18.2 Å². The summed E-state index contributed by atoms with van der Waals surface area (Å²) >= 11 is 0. The Morgan fingerprint density at radius 1 is 1.24 bits per heavy atom. The number of ether oxygens (including phenoxy) is 1. The molecule has 0 unspecified atom stereocenters. The fraction of sp³-hybridized carbons (Fsp3) is 0.231. The predicted molar refractivity (Wildman–Crippen MR) is 68.4 cm³/mol. The van der Waals surface area contributed by atoms with Crippen molar-refractivity contribution in [1.82, 2.24) is 0 Å². The number of benzene rings is 1. The number of nitrogens with two attached hydrogens (primary N) is 1. The first kappa shape index (κ1) is 11.4. The van der Waals surface area contributed by atoms with Crippen molar-refractivity contribution in [3.8, 4) is 0 Å². The highest BCUT2D eigenvalue weighted by Gasteiger charge is 2.13. The fourth-order valence-corrected chi connectivity index (χ4v) is 1.76. The van der Waals surface area contributed by atoms with E-state index in [9.17, 15) is 0 Å². The molecule has 0 aromatic heterocycles. The molecule has 0 saturated heterocycles. The van der Waals surface area contributed by atoms with Gasteiger partial charge in [0.05, 0.1) is 5.56 Å². The normalized spacial score (nSPS) is 15.3. The molecule has 2 rings (SSSR count). The van der Waals surface area contributed by atoms with E-state index >= 15 is 0 Å². The molecule has 0 heterocycles. The SMILES string of the molecule is N=C1C=C(OC(=N)c2ccccc2N)CCC1. The molecule has 17 heavy (non-hydrogen) atoms. The summed E-state index contributed by atoms with van der Waals surface area (Å²) in [6.07, 6.45) is 4.16. The molecule has 0 spiro atoms. The second kappa shape index (κ2) is 4.82. The number of nitrogen functional groups attached to an aromatic ring is 1. The Morgan fingerprint density at radius 3 is 2.71 bits per heavy atom. The number of nitrogens with one attached hydrogen (secondary N) is 2. The summed E-state index contributed by atoms with van der Waals surface area (Å²) in [4.78, 5) is 0. The van der Waals surface area contributed by atoms with E-state index in [1.165, 1.54) is 0 Å². The van der Waals surface area contributed by atoms with E-state index < -0.39 is 0 Å². The Kier molecular flexibility index (Phi) is 3.23. The average Bonchev–Trinajstić information content (AvgIpc) is 2.29. The van der Waals surface area contributed by atoms with Crippen LogP contribution < -0.4 is 5.73 Å². The maximum Gasteiger partial charge on any atom is 0.220 e. The predicted octanol–water partition coefficient (Wildman–Crippen LogP) is 2.70. The third-order valence-corrected chi connectivity index (χ3v) is 2.64. The molecule has 1 aromatic carbocycles. The molecule has 1 aliphatic carbocycles. The summed E-state index contributed by atoms with van der Waals surface area (Å²) in [5, 5.41) is 15.4. The van der Waals surface area contributed by atoms with Crippen LogP contribution in [0.25, 0.3) is 0 Å². The van der Waals surface area contributed by atoms with Gasteiger partial charge in [0, 0.05) is 17.8 Å². The van der Waals surface area contributed by atoms with Crippen LogP contribution in [0.15, 0.2) is 36.1 Å². The quantitative estimate of drug-likeness (QED) is 0.414. The number of anilines is 1. The second-order valence-corrected chi connectivity index (χ2v) is 4.01. The molecule has 0 fully saturated rings. The standard InChI is InChI=1S/C13H15N3O/c14-9-4-3-5-10(8-9)17-13(16)11-6-1-2-7-12(11)15/h1-2,6-8,14,16H,3-5,15H2. The molecule has 4 N–H and O–H groups in total. The van der Waals surface area contributed by atoms with Crippen molar-refractivity contribution in [1.29, 1.82) is 10.8 Å². The first-order chi connectivity index (χ1) is 8.16. The van der Waals surface area contributed by atoms with Gasteiger partial charge in [-0.25, -0.2) is 0 Å². The van der Waals surface area contributed by atoms with E-state index in [-0.39, 0.29) is 5.90 Å². The molecule has 1 aliphatic rings. The van der Waals surface area contributed by atoms with Gasteiger partial charge in [0.2, 0.25) is 5.90 Å². The van der Waals surface area contributed by atoms with E-state index in [0.29, 0.717) is 22.7 Å². The Balaban J connectivity index is 2.12. The summed E-state index contributed by atoms with van der Waals surface area (Å²) in [5.41, 5.74) is 7.45. The van der Waals surface area contributed by atoms with Gasteiger partial charge in [0.1, 0.15) is 5.76 Å². The summed E-state index contributed by atoms with van der Waals surface area (Å²) in [7, 11) is 0. The van der Waals surface area contributed by atoms with Crippen molar-refractivity contribution >= 4 is 17.3 Å². The van der Waals surface area contributed by atoms with E-state index in [4.69, 9.17) is 21.3 Å². The summed E-state index contributed by atoms with van der Waals surface area (Å²) in [6, 6.07) is 7.14. The minimum atomic E-state index is 0.0454. The number of allylic oxidation sites excluding steroid dienone is 2. The van der Waals surface area contributed by atoms with Crippen LogP contribution in [0.1, 0.15) is 24.8 Å². The zero-order valence-electron chi connectivity index (χ0n) is 9.49. The highest BCUT2D eigenvalue weighted by atomic mass is 16.5. The van der Waals surface area contributed by atoms with Crippen molar-refractivity contribution in [2.24, 2.45) is 0 Å². The summed E-state index contributed by atoms with van der Waals surface area (Å²) in [5.74, 6) is 0.721. The molecule has 0 amide bonds. The van der Waals surface area contributed by atoms with Crippen LogP contribution in [0.3, 0.4) is 0 Å². The lowest BCUT2D eigenvalue weighted by Gasteiger charge is -2.15. The van der Waals surface area contributed by atoms with Crippen molar-refractivity contribution in [3.63, 3.8) is 0 Å². The van der Waals surface area contributed by atoms with Crippen molar-refractivity contribution in [2.75, 3.05) is 5.73 Å². The minimum absolute atomic E-state index is 0.0454. The Hall–Kier alpha value is -2.10. The number of hydrogen-bond acceptors (Lipinski definition) is 4. The number of para-hydroxylation sites is 1. The third kappa shape index (κ3) is 2.72. The van der Waals surface area contributed by atoms with Crippen molar-refractivity contribution in [2.45, 2.75) is 19.3 Å². The molecule has 0 aliphatic heterocycles. The van der Waals surface area contributed by atoms with Gasteiger partial charge in [-0.2, -0.15) is 0 Å². The van der Waals surface area contributed by atoms with Gasteiger partial charge in [0.25, 0.3) is 0 Å². The Morgan fingerprint density at radius 2 is 2.00 bits per heavy atom. The molecule has 0 saturated carbocycles. The topological polar surface area (TPSA) is 83.0 Å². The van der Waals surface area contributed by atoms with E-state index in [2.05, 4.69) is 0 Å². The maximum absolute atomic E-state index is 7.86. The van der Waals surface area contributed by atoms with Crippen LogP contribution in [0, 0.1) is 10.8 Å². The molecule has 1 aromatic rings. The van der Waals surface area contributed by atoms with Gasteiger partial charge < -0.3 is 15.9 Å². The Labute approximate surface area is 100 Å². The van der Waals surface area contributed by atoms with Crippen molar-refractivity contribution in [3.05, 3.63) is 41.7 Å². The zero-order valence-corrected chi connectivity index (χ0v) is 9.49. The largest absolute Gasteiger partial charge is 0.443 e. The van der Waals surface area contributed by atoms with Gasteiger partial charge in [-0.05, 0) is 31.1 Å². The van der Waals surface area contributed by atoms with Crippen LogP contribution in [0.4, 0.5) is 5.69 Å². The highest BCUT2D eigenvalue weighted by Crippen LogP contribution is 2.19. The summed E-state index contributed by atoms with van der Waals surface area (Å²) < 4.78 is 5.45. The first-order valence-electron chi connectivity index (χ1n) is 5.56. The minimum Gasteiger partial charge on any atom is -0.443 e. The lowest BCUT2D eigenvalue weighted by atomic mass is 10.0. The van der Waals surface area contributed by atoms with Crippen LogP contribution >= 0.6 is 0 Å². The molecule has 0 atom stereocenters. The lowest BCUT2D eigenvalue weighted by molar-refractivity contribution is 0.385. The fourth-order valence-electron chi connectivity index (χ4n) is 1.76. The highest BCUT2D eigenvalue weighted by molar-refractivity contribution is 5.98. The smallest absolute Gasteiger partial charge is 0.220 e. The van der Waals surface area contributed by atoms with Gasteiger partial charge in [-0.3, -0.25) is 5.41 Å². The average molecular weight is 229 g/mol. The lowest BCUT2D eigenvalue weighted by Crippen LogP contribution is -2.11. The molecule has 0 radical (unpaired) electrons. The zero-order chi connectivity index (χ0) is 12.3. The molecular formula is C13H15N3O. The molecule has 88 valence electrons. The monoisotopic (exact) mass is 229 g/mol.